The average molecular weight is 183 g/mol. The van der Waals surface area contributed by atoms with E-state index in [4.69, 9.17) is 4.74 Å². The van der Waals surface area contributed by atoms with E-state index in [2.05, 4.69) is 32.2 Å². The van der Waals surface area contributed by atoms with Crippen molar-refractivity contribution in [2.75, 3.05) is 13.1 Å². The van der Waals surface area contributed by atoms with Gasteiger partial charge < -0.3 is 10.1 Å². The van der Waals surface area contributed by atoms with Crippen LogP contribution in [-0.2, 0) is 4.74 Å². The van der Waals surface area contributed by atoms with Crippen LogP contribution < -0.4 is 5.32 Å². The summed E-state index contributed by atoms with van der Waals surface area (Å²) >= 11 is 0. The molecule has 1 unspecified atom stereocenters. The summed E-state index contributed by atoms with van der Waals surface area (Å²) in [4.78, 5) is 0. The van der Waals surface area contributed by atoms with Crippen molar-refractivity contribution in [2.24, 2.45) is 5.41 Å². The fourth-order valence-corrected chi connectivity index (χ4v) is 1.34. The van der Waals surface area contributed by atoms with E-state index in [1.807, 2.05) is 6.26 Å². The van der Waals surface area contributed by atoms with Crippen molar-refractivity contribution < 1.29 is 4.74 Å². The summed E-state index contributed by atoms with van der Waals surface area (Å²) < 4.78 is 5.45. The molecule has 0 bridgehead atoms. The van der Waals surface area contributed by atoms with E-state index in [9.17, 15) is 0 Å². The van der Waals surface area contributed by atoms with Gasteiger partial charge in [-0.25, -0.2) is 0 Å². The molecule has 13 heavy (non-hydrogen) atoms. The second kappa shape index (κ2) is 4.66. The van der Waals surface area contributed by atoms with Crippen LogP contribution >= 0.6 is 0 Å². The summed E-state index contributed by atoms with van der Waals surface area (Å²) in [6.45, 7) is 8.74. The second-order valence-electron chi connectivity index (χ2n) is 4.90. The van der Waals surface area contributed by atoms with Crippen molar-refractivity contribution in [2.45, 2.75) is 39.7 Å². The van der Waals surface area contributed by atoms with E-state index < -0.39 is 0 Å². The van der Waals surface area contributed by atoms with Gasteiger partial charge in [0.25, 0.3) is 0 Å². The lowest BCUT2D eigenvalue weighted by Gasteiger charge is -2.23. The minimum atomic E-state index is 0.366. The molecule has 0 aromatic heterocycles. The van der Waals surface area contributed by atoms with Crippen molar-refractivity contribution >= 4 is 0 Å². The summed E-state index contributed by atoms with van der Waals surface area (Å²) in [5.74, 6) is 0. The molecular weight excluding hydrogens is 162 g/mol. The van der Waals surface area contributed by atoms with E-state index >= 15 is 0 Å². The van der Waals surface area contributed by atoms with E-state index in [0.29, 0.717) is 11.5 Å². The van der Waals surface area contributed by atoms with Crippen molar-refractivity contribution in [3.63, 3.8) is 0 Å². The predicted molar refractivity (Wildman–Crippen MR) is 55.6 cm³/mol. The van der Waals surface area contributed by atoms with Gasteiger partial charge in [0.05, 0.1) is 6.26 Å². The number of hydrogen-bond donors (Lipinski definition) is 1. The lowest BCUT2D eigenvalue weighted by molar-refractivity contribution is 0.119. The first-order valence-corrected chi connectivity index (χ1v) is 5.09. The highest BCUT2D eigenvalue weighted by Crippen LogP contribution is 2.12. The smallest absolute Gasteiger partial charge is 0.110 e. The molecule has 0 aliphatic carbocycles. The third-order valence-corrected chi connectivity index (χ3v) is 2.05. The van der Waals surface area contributed by atoms with Crippen LogP contribution in [0.1, 0.15) is 33.6 Å². The quantitative estimate of drug-likeness (QED) is 0.725. The first-order chi connectivity index (χ1) is 6.08. The molecule has 0 aromatic rings. The minimum absolute atomic E-state index is 0.366. The maximum Gasteiger partial charge on any atom is 0.110 e. The summed E-state index contributed by atoms with van der Waals surface area (Å²) in [6, 6.07) is 0. The Hall–Kier alpha value is -0.500. The highest BCUT2D eigenvalue weighted by Gasteiger charge is 2.13. The van der Waals surface area contributed by atoms with Gasteiger partial charge in [0.1, 0.15) is 6.10 Å². The standard InChI is InChI=1S/C11H21NO/c1-11(2,3)9-12-8-10-6-4-5-7-13-10/h5,7,10,12H,4,6,8-9H2,1-3H3. The Bertz CT molecular complexity index is 169. The third-order valence-electron chi connectivity index (χ3n) is 2.05. The molecule has 76 valence electrons. The van der Waals surface area contributed by atoms with E-state index in [1.54, 1.807) is 0 Å². The molecule has 0 saturated heterocycles. The summed E-state index contributed by atoms with van der Waals surface area (Å²) in [6.07, 6.45) is 6.59. The highest BCUT2D eigenvalue weighted by molar-refractivity contribution is 4.83. The molecule has 1 N–H and O–H groups in total. The van der Waals surface area contributed by atoms with Gasteiger partial charge in [-0.3, -0.25) is 0 Å². The lowest BCUT2D eigenvalue weighted by atomic mass is 9.97. The van der Waals surface area contributed by atoms with Gasteiger partial charge in [-0.15, -0.1) is 0 Å². The Kier molecular flexibility index (Phi) is 3.79. The molecular formula is C11H21NO. The molecule has 0 saturated carbocycles. The molecule has 1 aliphatic rings. The van der Waals surface area contributed by atoms with Crippen LogP contribution in [0.5, 0.6) is 0 Å². The molecule has 0 spiro atoms. The van der Waals surface area contributed by atoms with Crippen LogP contribution in [0.4, 0.5) is 0 Å². The Labute approximate surface area is 81.4 Å². The molecule has 1 heterocycles. The Morgan fingerprint density at radius 1 is 1.46 bits per heavy atom. The molecule has 1 aliphatic heterocycles. The van der Waals surface area contributed by atoms with Crippen LogP contribution in [0.2, 0.25) is 0 Å². The van der Waals surface area contributed by atoms with Crippen LogP contribution in [0.15, 0.2) is 12.3 Å². The minimum Gasteiger partial charge on any atom is -0.497 e. The number of ether oxygens (including phenoxy) is 1. The van der Waals surface area contributed by atoms with E-state index in [0.717, 1.165) is 25.9 Å². The van der Waals surface area contributed by atoms with Gasteiger partial charge in [0.2, 0.25) is 0 Å². The largest absolute Gasteiger partial charge is 0.497 e. The van der Waals surface area contributed by atoms with Crippen molar-refractivity contribution in [1.82, 2.24) is 5.32 Å². The maximum atomic E-state index is 5.45. The second-order valence-corrected chi connectivity index (χ2v) is 4.90. The fourth-order valence-electron chi connectivity index (χ4n) is 1.34. The lowest BCUT2D eigenvalue weighted by Crippen LogP contribution is -2.34. The molecule has 0 radical (unpaired) electrons. The highest BCUT2D eigenvalue weighted by atomic mass is 16.5. The number of rotatable bonds is 3. The van der Waals surface area contributed by atoms with Crippen molar-refractivity contribution in [1.29, 1.82) is 0 Å². The SMILES string of the molecule is CC(C)(C)CNCC1CCC=CO1. The third kappa shape index (κ3) is 4.94. The summed E-state index contributed by atoms with van der Waals surface area (Å²) in [5, 5.41) is 3.44. The fraction of sp³-hybridized carbons (Fsp3) is 0.818. The number of nitrogens with one attached hydrogen (secondary N) is 1. The van der Waals surface area contributed by atoms with Crippen LogP contribution in [0.25, 0.3) is 0 Å². The molecule has 0 aromatic carbocycles. The predicted octanol–water partition coefficient (Wildman–Crippen LogP) is 2.31. The van der Waals surface area contributed by atoms with Crippen LogP contribution in [-0.4, -0.2) is 19.2 Å². The Balaban J connectivity index is 2.09. The van der Waals surface area contributed by atoms with E-state index in [-0.39, 0.29) is 0 Å². The molecule has 1 atom stereocenters. The maximum absolute atomic E-state index is 5.45. The normalized spacial score (nSPS) is 22.8. The first-order valence-electron chi connectivity index (χ1n) is 5.09. The van der Waals surface area contributed by atoms with Crippen LogP contribution in [0.3, 0.4) is 0 Å². The summed E-state index contributed by atoms with van der Waals surface area (Å²) in [7, 11) is 0. The Morgan fingerprint density at radius 2 is 2.23 bits per heavy atom. The van der Waals surface area contributed by atoms with Crippen molar-refractivity contribution in [3.05, 3.63) is 12.3 Å². The molecule has 1 rings (SSSR count). The Morgan fingerprint density at radius 3 is 2.77 bits per heavy atom. The zero-order chi connectivity index (χ0) is 9.73. The van der Waals surface area contributed by atoms with Gasteiger partial charge in [-0.1, -0.05) is 20.8 Å². The monoisotopic (exact) mass is 183 g/mol. The van der Waals surface area contributed by atoms with Gasteiger partial charge in [-0.05, 0) is 24.3 Å². The van der Waals surface area contributed by atoms with Crippen molar-refractivity contribution in [3.8, 4) is 0 Å². The number of allylic oxidation sites excluding steroid dienone is 1. The average Bonchev–Trinajstić information content (AvgIpc) is 2.04. The number of hydrogen-bond acceptors (Lipinski definition) is 2. The molecule has 2 heteroatoms. The van der Waals surface area contributed by atoms with Gasteiger partial charge >= 0.3 is 0 Å². The van der Waals surface area contributed by atoms with Gasteiger partial charge in [0, 0.05) is 13.1 Å². The van der Waals surface area contributed by atoms with Gasteiger partial charge in [-0.2, -0.15) is 0 Å². The van der Waals surface area contributed by atoms with Crippen LogP contribution in [0, 0.1) is 5.41 Å². The molecule has 0 amide bonds. The molecule has 2 nitrogen and oxygen atoms in total. The first kappa shape index (κ1) is 10.6. The zero-order valence-electron chi connectivity index (χ0n) is 8.97. The summed E-state index contributed by atoms with van der Waals surface area (Å²) in [5.41, 5.74) is 0.366. The van der Waals surface area contributed by atoms with Gasteiger partial charge in [0.15, 0.2) is 0 Å². The topological polar surface area (TPSA) is 21.3 Å². The zero-order valence-corrected chi connectivity index (χ0v) is 8.97. The van der Waals surface area contributed by atoms with E-state index in [1.165, 1.54) is 0 Å². The molecule has 0 fully saturated rings.